The minimum atomic E-state index is 0.370. The third-order valence-electron chi connectivity index (χ3n) is 4.78. The van der Waals surface area contributed by atoms with Crippen molar-refractivity contribution in [3.63, 3.8) is 0 Å². The van der Waals surface area contributed by atoms with Crippen LogP contribution in [-0.4, -0.2) is 24.5 Å². The molecule has 1 saturated heterocycles. The molecule has 1 atom stereocenters. The van der Waals surface area contributed by atoms with E-state index in [4.69, 9.17) is 5.73 Å². The lowest BCUT2D eigenvalue weighted by atomic mass is 9.78. The summed E-state index contributed by atoms with van der Waals surface area (Å²) in [6.45, 7) is 7.77. The van der Waals surface area contributed by atoms with Crippen molar-refractivity contribution >= 4 is 15.9 Å². The normalized spacial score (nSPS) is 21.3. The number of rotatable bonds is 4. The van der Waals surface area contributed by atoms with E-state index in [2.05, 4.69) is 58.9 Å². The standard InChI is InChI=1S/C16H25BrN2/c1-3-16(2)8-10-19(11-9-16)15(12-18)13-4-6-14(17)7-5-13/h4-7,15H,3,8-12,18H2,1-2H3. The molecule has 0 amide bonds. The lowest BCUT2D eigenvalue weighted by molar-refractivity contribution is 0.0829. The molecule has 2 nitrogen and oxygen atoms in total. The van der Waals surface area contributed by atoms with Gasteiger partial charge in [-0.05, 0) is 49.0 Å². The summed E-state index contributed by atoms with van der Waals surface area (Å²) in [5.41, 5.74) is 7.90. The smallest absolute Gasteiger partial charge is 0.0470 e. The van der Waals surface area contributed by atoms with Gasteiger partial charge in [-0.3, -0.25) is 4.90 Å². The van der Waals surface area contributed by atoms with Gasteiger partial charge < -0.3 is 5.73 Å². The van der Waals surface area contributed by atoms with Gasteiger partial charge in [-0.1, -0.05) is 48.3 Å². The van der Waals surface area contributed by atoms with Gasteiger partial charge in [0.15, 0.2) is 0 Å². The fourth-order valence-electron chi connectivity index (χ4n) is 2.91. The van der Waals surface area contributed by atoms with E-state index in [0.29, 0.717) is 18.0 Å². The highest BCUT2D eigenvalue weighted by Crippen LogP contribution is 2.36. The highest BCUT2D eigenvalue weighted by molar-refractivity contribution is 9.10. The molecule has 1 heterocycles. The predicted molar refractivity (Wildman–Crippen MR) is 85.1 cm³/mol. The fraction of sp³-hybridized carbons (Fsp3) is 0.625. The molecule has 1 aromatic carbocycles. The monoisotopic (exact) mass is 324 g/mol. The average Bonchev–Trinajstić information content (AvgIpc) is 2.44. The molecule has 2 rings (SSSR count). The van der Waals surface area contributed by atoms with Gasteiger partial charge in [-0.15, -0.1) is 0 Å². The summed E-state index contributed by atoms with van der Waals surface area (Å²) >= 11 is 3.49. The van der Waals surface area contributed by atoms with Crippen LogP contribution in [0.15, 0.2) is 28.7 Å². The summed E-state index contributed by atoms with van der Waals surface area (Å²) in [5.74, 6) is 0. The van der Waals surface area contributed by atoms with Crippen LogP contribution < -0.4 is 5.73 Å². The minimum Gasteiger partial charge on any atom is -0.329 e. The number of likely N-dealkylation sites (tertiary alicyclic amines) is 1. The third-order valence-corrected chi connectivity index (χ3v) is 5.31. The molecule has 106 valence electrons. The van der Waals surface area contributed by atoms with E-state index in [1.54, 1.807) is 0 Å². The lowest BCUT2D eigenvalue weighted by Gasteiger charge is -2.42. The summed E-state index contributed by atoms with van der Waals surface area (Å²) in [4.78, 5) is 2.56. The molecule has 1 aromatic rings. The summed E-state index contributed by atoms with van der Waals surface area (Å²) in [5, 5.41) is 0. The fourth-order valence-corrected chi connectivity index (χ4v) is 3.17. The first kappa shape index (κ1) is 15.0. The molecule has 1 aliphatic rings. The second-order valence-corrected chi connectivity index (χ2v) is 6.92. The van der Waals surface area contributed by atoms with Crippen molar-refractivity contribution in [1.82, 2.24) is 4.90 Å². The van der Waals surface area contributed by atoms with Crippen LogP contribution in [0.1, 0.15) is 44.7 Å². The van der Waals surface area contributed by atoms with Crippen molar-refractivity contribution in [2.24, 2.45) is 11.1 Å². The molecule has 3 heteroatoms. The van der Waals surface area contributed by atoms with E-state index in [1.807, 2.05) is 0 Å². The zero-order valence-electron chi connectivity index (χ0n) is 12.0. The van der Waals surface area contributed by atoms with E-state index in [0.717, 1.165) is 4.47 Å². The Kier molecular flexibility index (Phi) is 5.04. The van der Waals surface area contributed by atoms with E-state index in [-0.39, 0.29) is 0 Å². The zero-order chi connectivity index (χ0) is 13.9. The van der Waals surface area contributed by atoms with Crippen LogP contribution >= 0.6 is 15.9 Å². The van der Waals surface area contributed by atoms with E-state index in [9.17, 15) is 0 Å². The molecular weight excluding hydrogens is 300 g/mol. The lowest BCUT2D eigenvalue weighted by Crippen LogP contribution is -2.42. The Morgan fingerprint density at radius 1 is 1.26 bits per heavy atom. The van der Waals surface area contributed by atoms with Crippen molar-refractivity contribution in [3.05, 3.63) is 34.3 Å². The van der Waals surface area contributed by atoms with Gasteiger partial charge in [-0.25, -0.2) is 0 Å². The van der Waals surface area contributed by atoms with E-state index in [1.165, 1.54) is 37.9 Å². The molecule has 1 aliphatic heterocycles. The summed E-state index contributed by atoms with van der Waals surface area (Å²) in [7, 11) is 0. The maximum absolute atomic E-state index is 6.02. The van der Waals surface area contributed by atoms with Crippen LogP contribution in [0.3, 0.4) is 0 Å². The molecule has 0 saturated carbocycles. The molecular formula is C16H25BrN2. The minimum absolute atomic E-state index is 0.370. The van der Waals surface area contributed by atoms with Crippen molar-refractivity contribution < 1.29 is 0 Å². The molecule has 2 N–H and O–H groups in total. The van der Waals surface area contributed by atoms with Gasteiger partial charge in [0.25, 0.3) is 0 Å². The van der Waals surface area contributed by atoms with Crippen LogP contribution in [0.2, 0.25) is 0 Å². The third kappa shape index (κ3) is 3.59. The number of hydrogen-bond acceptors (Lipinski definition) is 2. The average molecular weight is 325 g/mol. The maximum Gasteiger partial charge on any atom is 0.0470 e. The SMILES string of the molecule is CCC1(C)CCN(C(CN)c2ccc(Br)cc2)CC1. The summed E-state index contributed by atoms with van der Waals surface area (Å²) < 4.78 is 1.13. The molecule has 19 heavy (non-hydrogen) atoms. The van der Waals surface area contributed by atoms with Crippen LogP contribution in [0, 0.1) is 5.41 Å². The zero-order valence-corrected chi connectivity index (χ0v) is 13.6. The Balaban J connectivity index is 2.05. The van der Waals surface area contributed by atoms with Crippen LogP contribution in [-0.2, 0) is 0 Å². The highest BCUT2D eigenvalue weighted by Gasteiger charge is 2.31. The van der Waals surface area contributed by atoms with Crippen molar-refractivity contribution in [3.8, 4) is 0 Å². The quantitative estimate of drug-likeness (QED) is 0.908. The van der Waals surface area contributed by atoms with E-state index < -0.39 is 0 Å². The Labute approximate surface area is 125 Å². The topological polar surface area (TPSA) is 29.3 Å². The first-order valence-electron chi connectivity index (χ1n) is 7.27. The van der Waals surface area contributed by atoms with Crippen molar-refractivity contribution in [1.29, 1.82) is 0 Å². The van der Waals surface area contributed by atoms with Gasteiger partial charge in [0, 0.05) is 17.1 Å². The summed E-state index contributed by atoms with van der Waals surface area (Å²) in [6.07, 6.45) is 3.86. The second kappa shape index (κ2) is 6.38. The molecule has 0 spiro atoms. The molecule has 0 aromatic heterocycles. The Bertz CT molecular complexity index is 394. The molecule has 1 unspecified atom stereocenters. The Morgan fingerprint density at radius 3 is 2.32 bits per heavy atom. The molecule has 0 bridgehead atoms. The number of benzene rings is 1. The number of halogens is 1. The maximum atomic E-state index is 6.02. The summed E-state index contributed by atoms with van der Waals surface area (Å²) in [6, 6.07) is 8.97. The number of nitrogens with zero attached hydrogens (tertiary/aromatic N) is 1. The van der Waals surface area contributed by atoms with Gasteiger partial charge >= 0.3 is 0 Å². The van der Waals surface area contributed by atoms with Gasteiger partial charge in [0.1, 0.15) is 0 Å². The first-order chi connectivity index (χ1) is 9.08. The van der Waals surface area contributed by atoms with Gasteiger partial charge in [-0.2, -0.15) is 0 Å². The number of nitrogens with two attached hydrogens (primary N) is 1. The highest BCUT2D eigenvalue weighted by atomic mass is 79.9. The first-order valence-corrected chi connectivity index (χ1v) is 8.07. The second-order valence-electron chi connectivity index (χ2n) is 6.00. The molecule has 0 radical (unpaired) electrons. The van der Waals surface area contributed by atoms with Crippen LogP contribution in [0.5, 0.6) is 0 Å². The molecule has 1 fully saturated rings. The Morgan fingerprint density at radius 2 is 1.84 bits per heavy atom. The van der Waals surface area contributed by atoms with Gasteiger partial charge in [0.2, 0.25) is 0 Å². The van der Waals surface area contributed by atoms with Crippen molar-refractivity contribution in [2.75, 3.05) is 19.6 Å². The van der Waals surface area contributed by atoms with Crippen LogP contribution in [0.25, 0.3) is 0 Å². The van der Waals surface area contributed by atoms with E-state index >= 15 is 0 Å². The Hall–Kier alpha value is -0.380. The van der Waals surface area contributed by atoms with Gasteiger partial charge in [0.05, 0.1) is 0 Å². The number of hydrogen-bond donors (Lipinski definition) is 1. The van der Waals surface area contributed by atoms with Crippen LogP contribution in [0.4, 0.5) is 0 Å². The van der Waals surface area contributed by atoms with Crippen molar-refractivity contribution in [2.45, 2.75) is 39.2 Å². The predicted octanol–water partition coefficient (Wildman–Crippen LogP) is 3.96. The number of piperidine rings is 1. The molecule has 0 aliphatic carbocycles. The largest absolute Gasteiger partial charge is 0.329 e.